The smallest absolute Gasteiger partial charge is 0.226 e. The van der Waals surface area contributed by atoms with Crippen LogP contribution in [0.4, 0.5) is 0 Å². The van der Waals surface area contributed by atoms with E-state index in [1.165, 1.54) is 0 Å². The van der Waals surface area contributed by atoms with Crippen LogP contribution in [0.15, 0.2) is 52.6 Å². The first kappa shape index (κ1) is 23.1. The Morgan fingerprint density at radius 2 is 2.17 bits per heavy atom. The molecule has 1 aromatic heterocycles. The molecule has 2 aromatic rings. The maximum atomic E-state index is 9.90. The summed E-state index contributed by atoms with van der Waals surface area (Å²) in [5.74, 6) is 0.581. The Kier molecular flexibility index (Phi) is 9.56. The minimum atomic E-state index is 0.249. The lowest BCUT2D eigenvalue weighted by Gasteiger charge is -2.11. The molecule has 0 fully saturated rings. The summed E-state index contributed by atoms with van der Waals surface area (Å²) in [5, 5.41) is 12.0. The van der Waals surface area contributed by atoms with Gasteiger partial charge >= 0.3 is 0 Å². The van der Waals surface area contributed by atoms with Crippen LogP contribution in [0, 0.1) is 11.3 Å². The zero-order chi connectivity index (χ0) is 21.8. The molecule has 0 amide bonds. The number of ether oxygens (including phenoxy) is 1. The molecule has 30 heavy (non-hydrogen) atoms. The summed E-state index contributed by atoms with van der Waals surface area (Å²) in [5.41, 5.74) is 4.00. The Balaban J connectivity index is 0.000000274. The van der Waals surface area contributed by atoms with Crippen LogP contribution in [0.25, 0.3) is 16.7 Å². The van der Waals surface area contributed by atoms with Crippen molar-refractivity contribution in [2.75, 3.05) is 13.7 Å². The first-order valence-electron chi connectivity index (χ1n) is 10.3. The number of nitriles is 1. The number of aldehydes is 1. The van der Waals surface area contributed by atoms with E-state index in [4.69, 9.17) is 14.4 Å². The lowest BCUT2D eigenvalue weighted by atomic mass is 10.2. The van der Waals surface area contributed by atoms with Gasteiger partial charge in [-0.3, -0.25) is 0 Å². The third-order valence-electron chi connectivity index (χ3n) is 4.64. The monoisotopic (exact) mass is 407 g/mol. The first-order chi connectivity index (χ1) is 14.6. The average Bonchev–Trinajstić information content (AvgIpc) is 3.05. The molecule has 1 N–H and O–H groups in total. The number of aromatic nitrogens is 1. The van der Waals surface area contributed by atoms with E-state index in [9.17, 15) is 4.79 Å². The topological polar surface area (TPSA) is 88.1 Å². The zero-order valence-corrected chi connectivity index (χ0v) is 17.9. The van der Waals surface area contributed by atoms with Gasteiger partial charge in [-0.2, -0.15) is 5.26 Å². The number of rotatable bonds is 8. The molecule has 1 aliphatic rings. The predicted octanol–water partition coefficient (Wildman–Crippen LogP) is 4.93. The Labute approximate surface area is 177 Å². The fourth-order valence-corrected chi connectivity index (χ4v) is 3.00. The molecule has 1 unspecified atom stereocenters. The van der Waals surface area contributed by atoms with Crippen molar-refractivity contribution >= 4 is 23.0 Å². The number of fused-ring (bicyclic) bond motifs is 1. The summed E-state index contributed by atoms with van der Waals surface area (Å²) in [4.78, 5) is 14.4. The quantitative estimate of drug-likeness (QED) is 0.625. The highest BCUT2D eigenvalue weighted by molar-refractivity contribution is 5.79. The summed E-state index contributed by atoms with van der Waals surface area (Å²) < 4.78 is 11.0. The van der Waals surface area contributed by atoms with Gasteiger partial charge in [0.05, 0.1) is 17.7 Å². The van der Waals surface area contributed by atoms with E-state index in [0.29, 0.717) is 22.6 Å². The molecule has 0 bridgehead atoms. The van der Waals surface area contributed by atoms with Gasteiger partial charge in [0.15, 0.2) is 5.58 Å². The molecule has 158 valence electrons. The number of carbonyl (C=O) groups excluding carboxylic acids is 1. The number of likely N-dealkylation sites (N-methyl/N-ethyl adjacent to an activating group) is 1. The van der Waals surface area contributed by atoms with Gasteiger partial charge in [0.25, 0.3) is 0 Å². The SMILES string of the molecule is CCCC(CC)OCC=O.CNC1=CCC=C(c2nc3cc(C#N)ccc3o2)C=C1. The van der Waals surface area contributed by atoms with Crippen molar-refractivity contribution in [2.24, 2.45) is 0 Å². The maximum Gasteiger partial charge on any atom is 0.226 e. The minimum Gasteiger partial charge on any atom is -0.436 e. The van der Waals surface area contributed by atoms with E-state index in [1.807, 2.05) is 19.2 Å². The fourth-order valence-electron chi connectivity index (χ4n) is 3.00. The standard InChI is InChI=1S/C16H13N3O.C8H16O2/c1-18-13-4-2-3-12(6-7-13)16-19-14-9-11(10-17)5-8-15(14)20-16;1-3-5-8(4-2)10-7-6-9/h3-9,18H,2H2,1H3;6,8H,3-5,7H2,1-2H3. The second-order valence-corrected chi connectivity index (χ2v) is 6.77. The largest absolute Gasteiger partial charge is 0.436 e. The molecule has 6 heteroatoms. The van der Waals surface area contributed by atoms with Gasteiger partial charge in [-0.15, -0.1) is 0 Å². The number of hydrogen-bond acceptors (Lipinski definition) is 6. The highest BCUT2D eigenvalue weighted by Gasteiger charge is 2.10. The van der Waals surface area contributed by atoms with E-state index in [1.54, 1.807) is 18.2 Å². The number of benzene rings is 1. The summed E-state index contributed by atoms with van der Waals surface area (Å²) in [6, 6.07) is 7.35. The number of allylic oxidation sites excluding steroid dienone is 5. The van der Waals surface area contributed by atoms with Crippen LogP contribution in [0.1, 0.15) is 51.0 Å². The summed E-state index contributed by atoms with van der Waals surface area (Å²) in [7, 11) is 1.89. The second-order valence-electron chi connectivity index (χ2n) is 6.77. The average molecular weight is 408 g/mol. The molecule has 0 radical (unpaired) electrons. The van der Waals surface area contributed by atoms with Gasteiger partial charge in [-0.25, -0.2) is 4.98 Å². The van der Waals surface area contributed by atoms with Crippen LogP contribution < -0.4 is 5.32 Å². The van der Waals surface area contributed by atoms with Crippen molar-refractivity contribution in [1.29, 1.82) is 5.26 Å². The van der Waals surface area contributed by atoms with Crippen molar-refractivity contribution in [2.45, 2.75) is 45.6 Å². The molecule has 0 saturated heterocycles. The Hall–Kier alpha value is -3.17. The molecule has 1 aromatic carbocycles. The number of carbonyl (C=O) groups is 1. The molecule has 6 nitrogen and oxygen atoms in total. The highest BCUT2D eigenvalue weighted by atomic mass is 16.5. The normalized spacial score (nSPS) is 13.9. The molecule has 3 rings (SSSR count). The van der Waals surface area contributed by atoms with Crippen molar-refractivity contribution in [3.8, 4) is 6.07 Å². The van der Waals surface area contributed by atoms with Crippen LogP contribution >= 0.6 is 0 Å². The van der Waals surface area contributed by atoms with Gasteiger partial charge in [-0.1, -0.05) is 32.4 Å². The Morgan fingerprint density at radius 1 is 1.33 bits per heavy atom. The summed E-state index contributed by atoms with van der Waals surface area (Å²) in [6.07, 6.45) is 13.2. The molecule has 0 spiro atoms. The van der Waals surface area contributed by atoms with Crippen LogP contribution in [-0.2, 0) is 9.53 Å². The molecule has 0 aliphatic heterocycles. The van der Waals surface area contributed by atoms with E-state index in [2.05, 4.69) is 42.4 Å². The summed E-state index contributed by atoms with van der Waals surface area (Å²) in [6.45, 7) is 4.44. The van der Waals surface area contributed by atoms with Crippen molar-refractivity contribution in [1.82, 2.24) is 10.3 Å². The number of nitrogens with one attached hydrogen (secondary N) is 1. The van der Waals surface area contributed by atoms with Crippen LogP contribution in [0.5, 0.6) is 0 Å². The number of oxazole rings is 1. The van der Waals surface area contributed by atoms with Gasteiger partial charge < -0.3 is 19.3 Å². The van der Waals surface area contributed by atoms with Crippen LogP contribution in [0.2, 0.25) is 0 Å². The van der Waals surface area contributed by atoms with Gasteiger partial charge in [0, 0.05) is 18.3 Å². The molecule has 1 heterocycles. The van der Waals surface area contributed by atoms with E-state index < -0.39 is 0 Å². The highest BCUT2D eigenvalue weighted by Crippen LogP contribution is 2.24. The Bertz CT molecular complexity index is 964. The third-order valence-corrected chi connectivity index (χ3v) is 4.64. The van der Waals surface area contributed by atoms with Gasteiger partial charge in [-0.05, 0) is 49.6 Å². The fraction of sp³-hybridized carbons (Fsp3) is 0.375. The molecule has 1 atom stereocenters. The van der Waals surface area contributed by atoms with Gasteiger partial charge in [0.2, 0.25) is 5.89 Å². The maximum absolute atomic E-state index is 9.90. The first-order valence-corrected chi connectivity index (χ1v) is 10.3. The van der Waals surface area contributed by atoms with Crippen LogP contribution in [-0.4, -0.2) is 31.0 Å². The van der Waals surface area contributed by atoms with E-state index in [0.717, 1.165) is 43.2 Å². The Morgan fingerprint density at radius 3 is 2.83 bits per heavy atom. The number of nitrogens with zero attached hydrogens (tertiary/aromatic N) is 2. The molecule has 0 saturated carbocycles. The van der Waals surface area contributed by atoms with Crippen LogP contribution in [0.3, 0.4) is 0 Å². The molecule has 1 aliphatic carbocycles. The van der Waals surface area contributed by atoms with E-state index in [-0.39, 0.29) is 12.7 Å². The number of hydrogen-bond donors (Lipinski definition) is 1. The lowest BCUT2D eigenvalue weighted by Crippen LogP contribution is -2.12. The van der Waals surface area contributed by atoms with E-state index >= 15 is 0 Å². The second kappa shape index (κ2) is 12.4. The predicted molar refractivity (Wildman–Crippen MR) is 119 cm³/mol. The summed E-state index contributed by atoms with van der Waals surface area (Å²) >= 11 is 0. The molecular weight excluding hydrogens is 378 g/mol. The van der Waals surface area contributed by atoms with Gasteiger partial charge in [0.1, 0.15) is 18.4 Å². The molecular formula is C24H29N3O3. The van der Waals surface area contributed by atoms with Crippen molar-refractivity contribution in [3.63, 3.8) is 0 Å². The zero-order valence-electron chi connectivity index (χ0n) is 17.9. The van der Waals surface area contributed by atoms with Crippen molar-refractivity contribution < 1.29 is 13.9 Å². The lowest BCUT2D eigenvalue weighted by molar-refractivity contribution is -0.113. The third kappa shape index (κ3) is 6.71. The van der Waals surface area contributed by atoms with Crippen molar-refractivity contribution in [3.05, 3.63) is 59.7 Å². The minimum absolute atomic E-state index is 0.249.